The van der Waals surface area contributed by atoms with Gasteiger partial charge in [0, 0.05) is 12.1 Å². The summed E-state index contributed by atoms with van der Waals surface area (Å²) in [5, 5.41) is 3.31. The zero-order valence-corrected chi connectivity index (χ0v) is 9.98. The van der Waals surface area contributed by atoms with Crippen molar-refractivity contribution in [3.63, 3.8) is 0 Å². The van der Waals surface area contributed by atoms with Gasteiger partial charge in [-0.1, -0.05) is 6.07 Å². The summed E-state index contributed by atoms with van der Waals surface area (Å²) in [6, 6.07) is 4.08. The highest BCUT2D eigenvalue weighted by molar-refractivity contribution is 5.88. The lowest BCUT2D eigenvalue weighted by Gasteiger charge is -2.24. The van der Waals surface area contributed by atoms with Crippen LogP contribution in [0.15, 0.2) is 18.3 Å². The summed E-state index contributed by atoms with van der Waals surface area (Å²) in [4.78, 5) is 16.9. The van der Waals surface area contributed by atoms with Crippen molar-refractivity contribution in [3.05, 3.63) is 29.6 Å². The summed E-state index contributed by atoms with van der Waals surface area (Å²) < 4.78 is 0. The molecule has 1 atom stereocenters. The van der Waals surface area contributed by atoms with Gasteiger partial charge in [0.25, 0.3) is 0 Å². The minimum atomic E-state index is 0.0781. The summed E-state index contributed by atoms with van der Waals surface area (Å²) in [6.45, 7) is 1.97. The number of fused-ring (bicyclic) bond motifs is 1. The largest absolute Gasteiger partial charge is 0.317 e. The average molecular weight is 230 g/mol. The van der Waals surface area contributed by atoms with Crippen LogP contribution in [0.5, 0.6) is 0 Å². The zero-order chi connectivity index (χ0) is 11.7. The Hall–Kier alpha value is -1.22. The maximum atomic E-state index is 12.5. The number of hydrogen-bond donors (Lipinski definition) is 1. The smallest absolute Gasteiger partial charge is 0.145 e. The molecule has 0 aromatic carbocycles. The van der Waals surface area contributed by atoms with Crippen molar-refractivity contribution in [1.29, 1.82) is 0 Å². The van der Waals surface area contributed by atoms with Crippen LogP contribution in [0, 0.1) is 5.92 Å². The molecule has 0 saturated carbocycles. The molecule has 3 heteroatoms. The molecular weight excluding hydrogens is 212 g/mol. The minimum Gasteiger partial charge on any atom is -0.317 e. The molecule has 90 valence electrons. The Morgan fingerprint density at radius 2 is 2.12 bits per heavy atom. The molecule has 17 heavy (non-hydrogen) atoms. The van der Waals surface area contributed by atoms with Gasteiger partial charge in [-0.05, 0) is 50.4 Å². The molecule has 1 unspecified atom stereocenters. The number of aromatic nitrogens is 1. The highest BCUT2D eigenvalue weighted by Gasteiger charge is 2.34. The van der Waals surface area contributed by atoms with E-state index in [9.17, 15) is 4.79 Å². The molecule has 0 radical (unpaired) electrons. The van der Waals surface area contributed by atoms with Crippen LogP contribution in [-0.4, -0.2) is 23.9 Å². The van der Waals surface area contributed by atoms with E-state index in [1.54, 1.807) is 0 Å². The normalized spacial score (nSPS) is 24.6. The van der Waals surface area contributed by atoms with Crippen LogP contribution in [0.2, 0.25) is 0 Å². The van der Waals surface area contributed by atoms with Crippen molar-refractivity contribution >= 4 is 5.78 Å². The lowest BCUT2D eigenvalue weighted by Crippen LogP contribution is -2.33. The predicted octanol–water partition coefficient (Wildman–Crippen LogP) is 1.68. The molecule has 2 heterocycles. The first kappa shape index (κ1) is 10.9. The number of carbonyl (C=O) groups excluding carboxylic acids is 1. The molecule has 0 spiro atoms. The van der Waals surface area contributed by atoms with E-state index < -0.39 is 0 Å². The number of pyridine rings is 1. The molecule has 3 rings (SSSR count). The summed E-state index contributed by atoms with van der Waals surface area (Å²) in [5.74, 6) is 0.771. The number of piperidine rings is 1. The maximum Gasteiger partial charge on any atom is 0.145 e. The molecule has 1 saturated heterocycles. The van der Waals surface area contributed by atoms with Crippen LogP contribution in [-0.2, 0) is 11.2 Å². The van der Waals surface area contributed by atoms with Gasteiger partial charge in [-0.3, -0.25) is 9.78 Å². The van der Waals surface area contributed by atoms with Crippen LogP contribution in [0.3, 0.4) is 0 Å². The second-order valence-corrected chi connectivity index (χ2v) is 5.07. The fourth-order valence-corrected chi connectivity index (χ4v) is 3.08. The highest BCUT2D eigenvalue weighted by atomic mass is 16.1. The Bertz CT molecular complexity index is 424. The fourth-order valence-electron chi connectivity index (χ4n) is 3.08. The van der Waals surface area contributed by atoms with E-state index in [0.29, 0.717) is 5.78 Å². The number of hydrogen-bond acceptors (Lipinski definition) is 3. The number of nitrogens with zero attached hydrogens (tertiary/aromatic N) is 1. The first-order valence-corrected chi connectivity index (χ1v) is 6.54. The highest BCUT2D eigenvalue weighted by Crippen LogP contribution is 2.35. The van der Waals surface area contributed by atoms with Crippen molar-refractivity contribution in [1.82, 2.24) is 10.3 Å². The van der Waals surface area contributed by atoms with Gasteiger partial charge in [0.2, 0.25) is 0 Å². The molecule has 1 aromatic rings. The number of aryl methyl sites for hydroxylation is 1. The molecule has 1 aliphatic carbocycles. The molecule has 0 bridgehead atoms. The first-order valence-electron chi connectivity index (χ1n) is 6.54. The summed E-state index contributed by atoms with van der Waals surface area (Å²) in [7, 11) is 0. The molecule has 2 aliphatic rings. The Morgan fingerprint density at radius 3 is 2.94 bits per heavy atom. The number of ketones is 1. The number of carbonyl (C=O) groups is 1. The van der Waals surface area contributed by atoms with Gasteiger partial charge >= 0.3 is 0 Å². The van der Waals surface area contributed by atoms with E-state index in [1.807, 2.05) is 12.3 Å². The Morgan fingerprint density at radius 1 is 1.29 bits per heavy atom. The third kappa shape index (κ3) is 2.00. The van der Waals surface area contributed by atoms with Gasteiger partial charge in [-0.25, -0.2) is 0 Å². The van der Waals surface area contributed by atoms with Crippen molar-refractivity contribution in [2.75, 3.05) is 13.1 Å². The molecule has 3 nitrogen and oxygen atoms in total. The number of nitrogens with one attached hydrogen (secondary N) is 1. The molecule has 0 amide bonds. The molecule has 1 N–H and O–H groups in total. The fraction of sp³-hybridized carbons (Fsp3) is 0.571. The van der Waals surface area contributed by atoms with Crippen molar-refractivity contribution < 1.29 is 4.79 Å². The topological polar surface area (TPSA) is 42.0 Å². The average Bonchev–Trinajstić information content (AvgIpc) is 2.83. The zero-order valence-electron chi connectivity index (χ0n) is 9.98. The van der Waals surface area contributed by atoms with Gasteiger partial charge in [0.1, 0.15) is 5.78 Å². The third-order valence-corrected chi connectivity index (χ3v) is 4.04. The van der Waals surface area contributed by atoms with Crippen molar-refractivity contribution in [3.8, 4) is 0 Å². The second-order valence-electron chi connectivity index (χ2n) is 5.07. The lowest BCUT2D eigenvalue weighted by molar-refractivity contribution is -0.125. The van der Waals surface area contributed by atoms with Gasteiger partial charge in [-0.15, -0.1) is 0 Å². The summed E-state index contributed by atoms with van der Waals surface area (Å²) >= 11 is 0. The van der Waals surface area contributed by atoms with Crippen molar-refractivity contribution in [2.45, 2.75) is 31.6 Å². The van der Waals surface area contributed by atoms with Crippen molar-refractivity contribution in [2.24, 2.45) is 5.92 Å². The molecule has 1 aromatic heterocycles. The van der Waals surface area contributed by atoms with E-state index >= 15 is 0 Å². The Labute approximate surface area is 102 Å². The van der Waals surface area contributed by atoms with E-state index in [0.717, 1.165) is 44.5 Å². The van der Waals surface area contributed by atoms with Crippen LogP contribution in [0.4, 0.5) is 0 Å². The van der Waals surface area contributed by atoms with Crippen LogP contribution >= 0.6 is 0 Å². The summed E-state index contributed by atoms with van der Waals surface area (Å²) in [5.41, 5.74) is 2.33. The van der Waals surface area contributed by atoms with Gasteiger partial charge in [-0.2, -0.15) is 0 Å². The van der Waals surface area contributed by atoms with Crippen LogP contribution < -0.4 is 5.32 Å². The molecular formula is C14H18N2O. The molecule has 1 fully saturated rings. The van der Waals surface area contributed by atoms with E-state index in [2.05, 4.69) is 16.4 Å². The lowest BCUT2D eigenvalue weighted by atomic mass is 9.85. The first-order chi connectivity index (χ1) is 8.36. The molecule has 1 aliphatic heterocycles. The van der Waals surface area contributed by atoms with Gasteiger partial charge in [0.05, 0.1) is 11.6 Å². The third-order valence-electron chi connectivity index (χ3n) is 4.04. The predicted molar refractivity (Wildman–Crippen MR) is 65.9 cm³/mol. The summed E-state index contributed by atoms with van der Waals surface area (Å²) in [6.07, 6.45) is 5.79. The number of rotatable bonds is 2. The SMILES string of the molecule is O=C(C1CCNCC1)C1CCc2cccnc21. The van der Waals surface area contributed by atoms with E-state index in [4.69, 9.17) is 0 Å². The van der Waals surface area contributed by atoms with Crippen LogP contribution in [0.1, 0.15) is 36.4 Å². The Kier molecular flexibility index (Phi) is 2.93. The number of Topliss-reactive ketones (excluding diaryl/α,β-unsaturated/α-hetero) is 1. The van der Waals surface area contributed by atoms with E-state index in [-0.39, 0.29) is 11.8 Å². The monoisotopic (exact) mass is 230 g/mol. The standard InChI is InChI=1S/C14H18N2O/c17-14(11-5-8-15-9-6-11)12-4-3-10-2-1-7-16-13(10)12/h1-2,7,11-12,15H,3-6,8-9H2. The second kappa shape index (κ2) is 4.57. The van der Waals surface area contributed by atoms with Crippen LogP contribution in [0.25, 0.3) is 0 Å². The van der Waals surface area contributed by atoms with E-state index in [1.165, 1.54) is 5.56 Å². The minimum absolute atomic E-state index is 0.0781. The maximum absolute atomic E-state index is 12.5. The van der Waals surface area contributed by atoms with Gasteiger partial charge < -0.3 is 5.32 Å². The van der Waals surface area contributed by atoms with Gasteiger partial charge in [0.15, 0.2) is 0 Å². The quantitative estimate of drug-likeness (QED) is 0.840. The Balaban J connectivity index is 1.79.